The third-order valence-electron chi connectivity index (χ3n) is 7.30. The highest BCUT2D eigenvalue weighted by atomic mass is 16.5. The molecule has 1 saturated heterocycles. The summed E-state index contributed by atoms with van der Waals surface area (Å²) in [6.07, 6.45) is 4.58. The van der Waals surface area contributed by atoms with Crippen molar-refractivity contribution in [2.24, 2.45) is 0 Å². The van der Waals surface area contributed by atoms with Crippen LogP contribution in [-0.2, 0) is 16.0 Å². The van der Waals surface area contributed by atoms with Crippen molar-refractivity contribution >= 4 is 17.4 Å². The molecule has 40 heavy (non-hydrogen) atoms. The van der Waals surface area contributed by atoms with E-state index in [1.807, 2.05) is 63.2 Å². The fraction of sp³-hybridized carbons (Fsp3) is 0.500. The third-order valence-corrected chi connectivity index (χ3v) is 7.30. The maximum Gasteiger partial charge on any atom is 0.295 e. The first kappa shape index (κ1) is 29.5. The molecule has 2 aliphatic heterocycles. The molecule has 0 radical (unpaired) electrons. The van der Waals surface area contributed by atoms with Crippen molar-refractivity contribution in [1.29, 1.82) is 0 Å². The zero-order valence-electron chi connectivity index (χ0n) is 24.4. The van der Waals surface area contributed by atoms with Crippen LogP contribution >= 0.6 is 0 Å². The molecule has 1 fully saturated rings. The van der Waals surface area contributed by atoms with E-state index in [0.717, 1.165) is 43.5 Å². The second-order valence-corrected chi connectivity index (χ2v) is 10.8. The van der Waals surface area contributed by atoms with Gasteiger partial charge in [0.1, 0.15) is 17.6 Å². The van der Waals surface area contributed by atoms with Crippen molar-refractivity contribution < 1.29 is 28.9 Å². The van der Waals surface area contributed by atoms with E-state index in [2.05, 4.69) is 6.92 Å². The van der Waals surface area contributed by atoms with Crippen molar-refractivity contribution in [3.05, 3.63) is 58.7 Å². The molecule has 0 unspecified atom stereocenters. The summed E-state index contributed by atoms with van der Waals surface area (Å²) in [5.74, 6) is 0.480. The normalized spacial score (nSPS) is 19.7. The molecule has 2 atom stereocenters. The average Bonchev–Trinajstić information content (AvgIpc) is 3.42. The number of benzene rings is 2. The number of aliphatic hydroxyl groups excluding tert-OH is 1. The maximum atomic E-state index is 13.5. The summed E-state index contributed by atoms with van der Waals surface area (Å²) >= 11 is 0. The van der Waals surface area contributed by atoms with Gasteiger partial charge in [0.05, 0.1) is 24.8 Å². The Balaban J connectivity index is 1.76. The molecule has 1 N–H and O–H groups in total. The molecule has 2 aromatic rings. The number of ether oxygens (including phenoxy) is 3. The molecule has 0 bridgehead atoms. The molecule has 0 saturated carbocycles. The quantitative estimate of drug-likeness (QED) is 0.156. The lowest BCUT2D eigenvalue weighted by Crippen LogP contribution is -2.32. The van der Waals surface area contributed by atoms with Crippen LogP contribution in [0.4, 0.5) is 0 Å². The summed E-state index contributed by atoms with van der Waals surface area (Å²) in [4.78, 5) is 30.5. The van der Waals surface area contributed by atoms with Crippen LogP contribution in [0.15, 0.2) is 42.0 Å². The minimum absolute atomic E-state index is 0.0503. The highest BCUT2D eigenvalue weighted by Gasteiger charge is 2.46. The first-order valence-electron chi connectivity index (χ1n) is 14.4. The number of carbonyl (C=O) groups excluding carboxylic acids is 2. The second-order valence-electron chi connectivity index (χ2n) is 10.8. The van der Waals surface area contributed by atoms with E-state index >= 15 is 0 Å². The Morgan fingerprint density at radius 1 is 1.05 bits per heavy atom. The molecule has 8 heteroatoms. The molecule has 216 valence electrons. The summed E-state index contributed by atoms with van der Waals surface area (Å²) in [6.45, 7) is 8.19. The number of aliphatic hydroxyl groups is 1. The number of hydrogen-bond donors (Lipinski definition) is 1. The van der Waals surface area contributed by atoms with Crippen LogP contribution in [0.1, 0.15) is 69.2 Å². The molecule has 4 rings (SSSR count). The number of hydrogen-bond acceptors (Lipinski definition) is 7. The standard InChI is InChI=1S/C32H42N2O6/c1-6-8-9-17-39-26-14-11-22(20-27(26)38-7-2)29-28(31(36)32(37)34(29)16-10-15-33(4)5)30(35)23-12-13-25-24(19-23)18-21(3)40-25/h11-14,19-21,29,35H,6-10,15-18H2,1-5H3/t21-,29+/m0/s1. The summed E-state index contributed by atoms with van der Waals surface area (Å²) in [5, 5.41) is 11.5. The van der Waals surface area contributed by atoms with E-state index in [9.17, 15) is 14.7 Å². The molecule has 2 heterocycles. The number of fused-ring (bicyclic) bond motifs is 1. The number of Topliss-reactive ketones (excluding diaryl/α,β-unsaturated/α-hetero) is 1. The van der Waals surface area contributed by atoms with Crippen molar-refractivity contribution in [2.45, 2.75) is 65.0 Å². The Morgan fingerprint density at radius 2 is 1.85 bits per heavy atom. The van der Waals surface area contributed by atoms with Crippen LogP contribution in [0.3, 0.4) is 0 Å². The van der Waals surface area contributed by atoms with E-state index in [1.165, 1.54) is 0 Å². The first-order chi connectivity index (χ1) is 19.2. The SMILES string of the molecule is CCCCCOc1ccc([C@@H]2C(=C(O)c3ccc4c(c3)C[C@H](C)O4)C(=O)C(=O)N2CCCN(C)C)cc1OCC. The van der Waals surface area contributed by atoms with E-state index in [-0.39, 0.29) is 17.4 Å². The fourth-order valence-corrected chi connectivity index (χ4v) is 5.36. The number of amides is 1. The van der Waals surface area contributed by atoms with Crippen LogP contribution in [0, 0.1) is 0 Å². The van der Waals surface area contributed by atoms with Gasteiger partial charge in [-0.15, -0.1) is 0 Å². The lowest BCUT2D eigenvalue weighted by Gasteiger charge is -2.26. The summed E-state index contributed by atoms with van der Waals surface area (Å²) < 4.78 is 17.7. The Bertz CT molecular complexity index is 1250. The molecule has 8 nitrogen and oxygen atoms in total. The highest BCUT2D eigenvalue weighted by molar-refractivity contribution is 6.46. The first-order valence-corrected chi connectivity index (χ1v) is 14.4. The number of rotatable bonds is 13. The third kappa shape index (κ3) is 6.44. The monoisotopic (exact) mass is 550 g/mol. The maximum absolute atomic E-state index is 13.5. The predicted molar refractivity (Wildman–Crippen MR) is 155 cm³/mol. The predicted octanol–water partition coefficient (Wildman–Crippen LogP) is 5.35. The van der Waals surface area contributed by atoms with Gasteiger partial charge in [0.2, 0.25) is 0 Å². The van der Waals surface area contributed by atoms with Crippen LogP contribution in [-0.4, -0.2) is 73.1 Å². The van der Waals surface area contributed by atoms with Crippen LogP contribution in [0.5, 0.6) is 17.2 Å². The fourth-order valence-electron chi connectivity index (χ4n) is 5.36. The van der Waals surface area contributed by atoms with Gasteiger partial charge in [0.25, 0.3) is 11.7 Å². The zero-order valence-corrected chi connectivity index (χ0v) is 24.4. The molecule has 0 aliphatic carbocycles. The van der Waals surface area contributed by atoms with Crippen LogP contribution < -0.4 is 14.2 Å². The lowest BCUT2D eigenvalue weighted by molar-refractivity contribution is -0.139. The summed E-state index contributed by atoms with van der Waals surface area (Å²) in [5.41, 5.74) is 2.24. The van der Waals surface area contributed by atoms with Crippen LogP contribution in [0.25, 0.3) is 5.76 Å². The molecule has 2 aromatic carbocycles. The van der Waals surface area contributed by atoms with Crippen molar-refractivity contribution in [3.8, 4) is 17.2 Å². The highest BCUT2D eigenvalue weighted by Crippen LogP contribution is 2.43. The number of nitrogens with zero attached hydrogens (tertiary/aromatic N) is 2. The Kier molecular flexibility index (Phi) is 9.74. The van der Waals surface area contributed by atoms with Gasteiger partial charge in [0, 0.05) is 18.5 Å². The van der Waals surface area contributed by atoms with Crippen molar-refractivity contribution in [3.63, 3.8) is 0 Å². The number of unbranched alkanes of at least 4 members (excludes halogenated alkanes) is 2. The minimum atomic E-state index is -0.751. The molecule has 0 aromatic heterocycles. The molecule has 1 amide bonds. The minimum Gasteiger partial charge on any atom is -0.507 e. The summed E-state index contributed by atoms with van der Waals surface area (Å²) in [7, 11) is 3.94. The van der Waals surface area contributed by atoms with Crippen molar-refractivity contribution in [1.82, 2.24) is 9.80 Å². The molecule has 2 aliphatic rings. The van der Waals surface area contributed by atoms with Gasteiger partial charge >= 0.3 is 0 Å². The van der Waals surface area contributed by atoms with Gasteiger partial charge < -0.3 is 29.1 Å². The van der Waals surface area contributed by atoms with E-state index in [1.54, 1.807) is 11.0 Å². The van der Waals surface area contributed by atoms with Gasteiger partial charge in [0.15, 0.2) is 11.5 Å². The van der Waals surface area contributed by atoms with Gasteiger partial charge in [-0.05, 0) is 88.8 Å². The Morgan fingerprint density at radius 3 is 2.58 bits per heavy atom. The largest absolute Gasteiger partial charge is 0.507 e. The molecule has 0 spiro atoms. The van der Waals surface area contributed by atoms with E-state index in [4.69, 9.17) is 14.2 Å². The summed E-state index contributed by atoms with van der Waals surface area (Å²) in [6, 6.07) is 10.2. The number of ketones is 1. The van der Waals surface area contributed by atoms with Gasteiger partial charge in [-0.2, -0.15) is 0 Å². The van der Waals surface area contributed by atoms with E-state index in [0.29, 0.717) is 48.8 Å². The van der Waals surface area contributed by atoms with E-state index < -0.39 is 17.7 Å². The lowest BCUT2D eigenvalue weighted by atomic mass is 9.94. The zero-order chi connectivity index (χ0) is 28.8. The smallest absolute Gasteiger partial charge is 0.295 e. The van der Waals surface area contributed by atoms with Crippen LogP contribution in [0.2, 0.25) is 0 Å². The molecular weight excluding hydrogens is 508 g/mol. The average molecular weight is 551 g/mol. The van der Waals surface area contributed by atoms with Crippen molar-refractivity contribution in [2.75, 3.05) is 40.4 Å². The topological polar surface area (TPSA) is 88.5 Å². The van der Waals surface area contributed by atoms with Gasteiger partial charge in [-0.3, -0.25) is 9.59 Å². The molecular formula is C32H42N2O6. The number of carbonyl (C=O) groups is 2. The Hall–Kier alpha value is -3.52. The Labute approximate surface area is 237 Å². The van der Waals surface area contributed by atoms with Gasteiger partial charge in [-0.25, -0.2) is 0 Å². The second kappa shape index (κ2) is 13.2. The number of likely N-dealkylation sites (tertiary alicyclic amines) is 1. The van der Waals surface area contributed by atoms with Gasteiger partial charge in [-0.1, -0.05) is 25.8 Å².